The van der Waals surface area contributed by atoms with Crippen LogP contribution in [0.2, 0.25) is 0 Å². The lowest BCUT2D eigenvalue weighted by molar-refractivity contribution is 0.0768. The molecule has 20 heavy (non-hydrogen) atoms. The van der Waals surface area contributed by atoms with Crippen LogP contribution in [0, 0.1) is 11.8 Å². The van der Waals surface area contributed by atoms with Crippen LogP contribution >= 0.6 is 0 Å². The summed E-state index contributed by atoms with van der Waals surface area (Å²) < 4.78 is 0. The molecular formula is C13H16N4O3. The Balaban J connectivity index is 1.66. The van der Waals surface area contributed by atoms with Crippen LogP contribution in [0.25, 0.3) is 0 Å². The van der Waals surface area contributed by atoms with Crippen molar-refractivity contribution in [3.05, 3.63) is 24.0 Å². The van der Waals surface area contributed by atoms with Gasteiger partial charge in [-0.05, 0) is 12.1 Å². The predicted molar refractivity (Wildman–Crippen MR) is 71.1 cm³/mol. The Morgan fingerprint density at radius 1 is 1.15 bits per heavy atom. The van der Waals surface area contributed by atoms with Gasteiger partial charge in [0.05, 0.1) is 11.9 Å². The molecule has 2 amide bonds. The Bertz CT molecular complexity index is 531. The van der Waals surface area contributed by atoms with Crippen LogP contribution in [-0.2, 0) is 0 Å². The standard InChI is InChI=1S/C13H16N4O3/c14-10-1-2-11(15-3-10)12(18)16-4-8-6-17(13(19)20)7-9(8)5-16/h1-3,8-9H,4-7,14H2,(H,19,20). The van der Waals surface area contributed by atoms with E-state index in [0.29, 0.717) is 37.6 Å². The third-order valence-electron chi connectivity index (χ3n) is 4.05. The van der Waals surface area contributed by atoms with Gasteiger partial charge in [-0.15, -0.1) is 0 Å². The minimum atomic E-state index is -0.877. The number of rotatable bonds is 1. The number of aromatic nitrogens is 1. The molecule has 3 N–H and O–H groups in total. The average molecular weight is 276 g/mol. The number of nitrogens with zero attached hydrogens (tertiary/aromatic N) is 3. The molecule has 7 heteroatoms. The first kappa shape index (κ1) is 12.7. The maximum absolute atomic E-state index is 12.3. The molecule has 0 saturated carbocycles. The van der Waals surface area contributed by atoms with Crippen molar-refractivity contribution < 1.29 is 14.7 Å². The molecule has 2 fully saturated rings. The van der Waals surface area contributed by atoms with E-state index in [4.69, 9.17) is 10.8 Å². The summed E-state index contributed by atoms with van der Waals surface area (Å²) in [4.78, 5) is 30.4. The Hall–Kier alpha value is -2.31. The van der Waals surface area contributed by atoms with Crippen molar-refractivity contribution in [2.45, 2.75) is 0 Å². The van der Waals surface area contributed by atoms with Crippen LogP contribution in [0.5, 0.6) is 0 Å². The summed E-state index contributed by atoms with van der Waals surface area (Å²) in [5.41, 5.74) is 6.46. The minimum absolute atomic E-state index is 0.110. The third-order valence-corrected chi connectivity index (χ3v) is 4.05. The monoisotopic (exact) mass is 276 g/mol. The summed E-state index contributed by atoms with van der Waals surface area (Å²) in [5, 5.41) is 8.97. The number of anilines is 1. The average Bonchev–Trinajstić information content (AvgIpc) is 2.96. The highest BCUT2D eigenvalue weighted by Gasteiger charge is 2.43. The number of fused-ring (bicyclic) bond motifs is 1. The van der Waals surface area contributed by atoms with Gasteiger partial charge in [0.15, 0.2) is 0 Å². The zero-order valence-corrected chi connectivity index (χ0v) is 10.9. The van der Waals surface area contributed by atoms with Gasteiger partial charge in [-0.1, -0.05) is 0 Å². The summed E-state index contributed by atoms with van der Waals surface area (Å²) in [5.74, 6) is 0.369. The Morgan fingerprint density at radius 3 is 2.25 bits per heavy atom. The lowest BCUT2D eigenvalue weighted by Gasteiger charge is -2.19. The van der Waals surface area contributed by atoms with E-state index < -0.39 is 6.09 Å². The fourth-order valence-corrected chi connectivity index (χ4v) is 3.01. The molecule has 3 rings (SSSR count). The number of nitrogen functional groups attached to an aromatic ring is 1. The molecule has 2 saturated heterocycles. The maximum atomic E-state index is 12.3. The molecule has 1 aromatic rings. The van der Waals surface area contributed by atoms with Crippen molar-refractivity contribution in [1.29, 1.82) is 0 Å². The van der Waals surface area contributed by atoms with Gasteiger partial charge in [0.1, 0.15) is 5.69 Å². The molecule has 0 aromatic carbocycles. The third kappa shape index (κ3) is 2.15. The minimum Gasteiger partial charge on any atom is -0.465 e. The molecule has 0 bridgehead atoms. The highest BCUT2D eigenvalue weighted by atomic mass is 16.4. The van der Waals surface area contributed by atoms with Gasteiger partial charge in [-0.25, -0.2) is 9.78 Å². The summed E-state index contributed by atoms with van der Waals surface area (Å²) in [6, 6.07) is 3.28. The van der Waals surface area contributed by atoms with Crippen molar-refractivity contribution in [2.75, 3.05) is 31.9 Å². The topological polar surface area (TPSA) is 99.8 Å². The number of carbonyl (C=O) groups excluding carboxylic acids is 1. The van der Waals surface area contributed by atoms with E-state index in [-0.39, 0.29) is 17.7 Å². The van der Waals surface area contributed by atoms with Crippen LogP contribution in [0.4, 0.5) is 10.5 Å². The Morgan fingerprint density at radius 2 is 1.75 bits per heavy atom. The predicted octanol–water partition coefficient (Wildman–Crippen LogP) is 0.346. The van der Waals surface area contributed by atoms with Gasteiger partial charge < -0.3 is 20.6 Å². The van der Waals surface area contributed by atoms with Crippen LogP contribution in [0.3, 0.4) is 0 Å². The second-order valence-corrected chi connectivity index (χ2v) is 5.39. The van der Waals surface area contributed by atoms with E-state index in [1.165, 1.54) is 11.1 Å². The smallest absolute Gasteiger partial charge is 0.407 e. The zero-order chi connectivity index (χ0) is 14.3. The molecule has 0 spiro atoms. The van der Waals surface area contributed by atoms with Crippen molar-refractivity contribution in [3.8, 4) is 0 Å². The van der Waals surface area contributed by atoms with Gasteiger partial charge in [0.2, 0.25) is 0 Å². The molecule has 2 aliphatic heterocycles. The van der Waals surface area contributed by atoms with Crippen molar-refractivity contribution in [1.82, 2.24) is 14.8 Å². The Labute approximate surface area is 116 Å². The van der Waals surface area contributed by atoms with E-state index in [9.17, 15) is 9.59 Å². The molecule has 7 nitrogen and oxygen atoms in total. The van der Waals surface area contributed by atoms with E-state index in [1.54, 1.807) is 17.0 Å². The summed E-state index contributed by atoms with van der Waals surface area (Å²) in [6.07, 6.45) is 0.591. The quantitative estimate of drug-likeness (QED) is 0.770. The van der Waals surface area contributed by atoms with Gasteiger partial charge in [-0.3, -0.25) is 4.79 Å². The van der Waals surface area contributed by atoms with E-state index in [1.807, 2.05) is 0 Å². The molecule has 0 radical (unpaired) electrons. The number of hydrogen-bond donors (Lipinski definition) is 2. The van der Waals surface area contributed by atoms with Gasteiger partial charge >= 0.3 is 6.09 Å². The Kier molecular flexibility index (Phi) is 2.96. The summed E-state index contributed by atoms with van der Waals surface area (Å²) in [7, 11) is 0. The van der Waals surface area contributed by atoms with Crippen LogP contribution in [0.1, 0.15) is 10.5 Å². The highest BCUT2D eigenvalue weighted by Crippen LogP contribution is 2.31. The maximum Gasteiger partial charge on any atom is 0.407 e. The number of carboxylic acid groups (broad SMARTS) is 1. The fourth-order valence-electron chi connectivity index (χ4n) is 3.01. The number of hydrogen-bond acceptors (Lipinski definition) is 4. The lowest BCUT2D eigenvalue weighted by Crippen LogP contribution is -2.35. The van der Waals surface area contributed by atoms with Crippen LogP contribution in [-0.4, -0.2) is 58.1 Å². The van der Waals surface area contributed by atoms with E-state index in [2.05, 4.69) is 4.98 Å². The zero-order valence-electron chi connectivity index (χ0n) is 10.9. The van der Waals surface area contributed by atoms with E-state index in [0.717, 1.165) is 0 Å². The number of pyridine rings is 1. The first-order valence-corrected chi connectivity index (χ1v) is 6.53. The first-order valence-electron chi connectivity index (χ1n) is 6.53. The molecule has 2 unspecified atom stereocenters. The molecule has 3 heterocycles. The van der Waals surface area contributed by atoms with Crippen LogP contribution < -0.4 is 5.73 Å². The number of carbonyl (C=O) groups is 2. The fraction of sp³-hybridized carbons (Fsp3) is 0.462. The molecule has 0 aliphatic carbocycles. The van der Waals surface area contributed by atoms with Crippen molar-refractivity contribution in [3.63, 3.8) is 0 Å². The largest absolute Gasteiger partial charge is 0.465 e. The van der Waals surface area contributed by atoms with Gasteiger partial charge in [0.25, 0.3) is 5.91 Å². The SMILES string of the molecule is Nc1ccc(C(=O)N2CC3CN(C(=O)O)CC3C2)nc1. The van der Waals surface area contributed by atoms with E-state index >= 15 is 0 Å². The van der Waals surface area contributed by atoms with Crippen molar-refractivity contribution in [2.24, 2.45) is 11.8 Å². The van der Waals surface area contributed by atoms with Crippen LogP contribution in [0.15, 0.2) is 18.3 Å². The number of likely N-dealkylation sites (tertiary alicyclic amines) is 2. The lowest BCUT2D eigenvalue weighted by atomic mass is 10.0. The van der Waals surface area contributed by atoms with Gasteiger partial charge in [-0.2, -0.15) is 0 Å². The molecule has 2 aliphatic rings. The number of amides is 2. The number of nitrogens with two attached hydrogens (primary N) is 1. The molecule has 1 aromatic heterocycles. The van der Waals surface area contributed by atoms with Gasteiger partial charge in [0, 0.05) is 38.0 Å². The molecular weight excluding hydrogens is 260 g/mol. The summed E-state index contributed by atoms with van der Waals surface area (Å²) >= 11 is 0. The molecule has 106 valence electrons. The second kappa shape index (κ2) is 4.66. The highest BCUT2D eigenvalue weighted by molar-refractivity contribution is 5.92. The first-order chi connectivity index (χ1) is 9.54. The molecule has 2 atom stereocenters. The second-order valence-electron chi connectivity index (χ2n) is 5.39. The normalized spacial score (nSPS) is 24.8. The summed E-state index contributed by atoms with van der Waals surface area (Å²) in [6.45, 7) is 2.22. The van der Waals surface area contributed by atoms with Crippen molar-refractivity contribution >= 4 is 17.7 Å².